The van der Waals surface area contributed by atoms with Crippen LogP contribution in [0.5, 0.6) is 0 Å². The molecule has 0 bridgehead atoms. The van der Waals surface area contributed by atoms with Crippen molar-refractivity contribution in [2.45, 2.75) is 0 Å². The molecular formula is C19H13F3N2O3S. The highest BCUT2D eigenvalue weighted by Gasteiger charge is 2.34. The SMILES string of the molecule is O=C(NCCN1C(=O)S/C(=C\c2ccccc2F)C1=O)c1ccc(F)cc1F. The summed E-state index contributed by atoms with van der Waals surface area (Å²) in [5.74, 6) is -3.76. The molecule has 3 rings (SSSR count). The van der Waals surface area contributed by atoms with Gasteiger partial charge in [0.2, 0.25) is 0 Å². The molecule has 28 heavy (non-hydrogen) atoms. The molecule has 1 N–H and O–H groups in total. The van der Waals surface area contributed by atoms with Gasteiger partial charge in [0.1, 0.15) is 17.5 Å². The van der Waals surface area contributed by atoms with Crippen molar-refractivity contribution in [3.8, 4) is 0 Å². The molecule has 1 saturated heterocycles. The van der Waals surface area contributed by atoms with E-state index < -0.39 is 34.5 Å². The molecule has 1 aliphatic heterocycles. The molecule has 1 fully saturated rings. The second-order valence-corrected chi connectivity index (χ2v) is 6.73. The first-order valence-electron chi connectivity index (χ1n) is 8.10. The maximum absolute atomic E-state index is 13.7. The van der Waals surface area contributed by atoms with Gasteiger partial charge in [-0.2, -0.15) is 0 Å². The van der Waals surface area contributed by atoms with Crippen LogP contribution in [0, 0.1) is 17.5 Å². The van der Waals surface area contributed by atoms with E-state index in [1.807, 2.05) is 0 Å². The van der Waals surface area contributed by atoms with Crippen LogP contribution in [-0.2, 0) is 4.79 Å². The van der Waals surface area contributed by atoms with Gasteiger partial charge in [-0.1, -0.05) is 18.2 Å². The van der Waals surface area contributed by atoms with Crippen molar-refractivity contribution >= 4 is 34.9 Å². The van der Waals surface area contributed by atoms with Crippen molar-refractivity contribution in [1.29, 1.82) is 0 Å². The smallest absolute Gasteiger partial charge is 0.293 e. The van der Waals surface area contributed by atoms with E-state index in [2.05, 4.69) is 5.32 Å². The summed E-state index contributed by atoms with van der Waals surface area (Å²) < 4.78 is 40.2. The second-order valence-electron chi connectivity index (χ2n) is 5.73. The molecule has 0 atom stereocenters. The number of carbonyl (C=O) groups is 3. The second kappa shape index (κ2) is 8.30. The summed E-state index contributed by atoms with van der Waals surface area (Å²) in [6.45, 7) is -0.269. The van der Waals surface area contributed by atoms with Crippen molar-refractivity contribution in [2.24, 2.45) is 0 Å². The third-order valence-electron chi connectivity index (χ3n) is 3.86. The van der Waals surface area contributed by atoms with Gasteiger partial charge in [-0.05, 0) is 36.0 Å². The fraction of sp³-hybridized carbons (Fsp3) is 0.105. The molecule has 0 aromatic heterocycles. The van der Waals surface area contributed by atoms with Crippen molar-refractivity contribution in [2.75, 3.05) is 13.1 Å². The van der Waals surface area contributed by atoms with E-state index in [-0.39, 0.29) is 29.1 Å². The lowest BCUT2D eigenvalue weighted by atomic mass is 10.2. The summed E-state index contributed by atoms with van der Waals surface area (Å²) in [6, 6.07) is 8.34. The quantitative estimate of drug-likeness (QED) is 0.771. The first-order chi connectivity index (χ1) is 13.4. The zero-order chi connectivity index (χ0) is 20.3. The molecular weight excluding hydrogens is 393 g/mol. The fourth-order valence-electron chi connectivity index (χ4n) is 2.48. The Labute approximate surface area is 162 Å². The lowest BCUT2D eigenvalue weighted by molar-refractivity contribution is -0.122. The van der Waals surface area contributed by atoms with Crippen molar-refractivity contribution in [3.63, 3.8) is 0 Å². The molecule has 0 saturated carbocycles. The maximum atomic E-state index is 13.7. The van der Waals surface area contributed by atoms with Gasteiger partial charge >= 0.3 is 0 Å². The van der Waals surface area contributed by atoms with Gasteiger partial charge in [0.05, 0.1) is 10.5 Å². The van der Waals surface area contributed by atoms with Crippen LogP contribution in [0.4, 0.5) is 18.0 Å². The van der Waals surface area contributed by atoms with E-state index in [9.17, 15) is 27.6 Å². The lowest BCUT2D eigenvalue weighted by Crippen LogP contribution is -2.37. The van der Waals surface area contributed by atoms with Crippen LogP contribution in [0.3, 0.4) is 0 Å². The van der Waals surface area contributed by atoms with Crippen LogP contribution in [0.15, 0.2) is 47.4 Å². The number of hydrogen-bond donors (Lipinski definition) is 1. The van der Waals surface area contributed by atoms with Crippen molar-refractivity contribution < 1.29 is 27.6 Å². The van der Waals surface area contributed by atoms with Gasteiger partial charge in [0, 0.05) is 24.7 Å². The highest BCUT2D eigenvalue weighted by Crippen LogP contribution is 2.32. The van der Waals surface area contributed by atoms with Crippen LogP contribution in [0.2, 0.25) is 0 Å². The van der Waals surface area contributed by atoms with Crippen molar-refractivity contribution in [1.82, 2.24) is 10.2 Å². The molecule has 9 heteroatoms. The molecule has 0 aliphatic carbocycles. The van der Waals surface area contributed by atoms with Crippen LogP contribution in [0.1, 0.15) is 15.9 Å². The average molecular weight is 406 g/mol. The summed E-state index contributed by atoms with van der Waals surface area (Å²) >= 11 is 0.662. The first-order valence-corrected chi connectivity index (χ1v) is 8.91. The van der Waals surface area contributed by atoms with Crippen LogP contribution < -0.4 is 5.32 Å². The fourth-order valence-corrected chi connectivity index (χ4v) is 3.33. The molecule has 2 aromatic rings. The normalized spacial score (nSPS) is 15.4. The van der Waals surface area contributed by atoms with Gasteiger partial charge in [-0.15, -0.1) is 0 Å². The van der Waals surface area contributed by atoms with Gasteiger partial charge < -0.3 is 5.32 Å². The Kier molecular flexibility index (Phi) is 5.84. The molecule has 1 aliphatic rings. The number of thioether (sulfide) groups is 1. The van der Waals surface area contributed by atoms with E-state index >= 15 is 0 Å². The van der Waals surface area contributed by atoms with Gasteiger partial charge in [0.15, 0.2) is 0 Å². The Morgan fingerprint density at radius 3 is 2.54 bits per heavy atom. The number of benzene rings is 2. The zero-order valence-corrected chi connectivity index (χ0v) is 15.1. The minimum absolute atomic E-state index is 0.0611. The van der Waals surface area contributed by atoms with E-state index in [0.717, 1.165) is 17.0 Å². The summed E-state index contributed by atoms with van der Waals surface area (Å²) in [5, 5.41) is 1.80. The van der Waals surface area contributed by atoms with E-state index in [4.69, 9.17) is 0 Å². The number of amides is 3. The Bertz CT molecular complexity index is 994. The molecule has 1 heterocycles. The number of imide groups is 1. The highest BCUT2D eigenvalue weighted by atomic mass is 32.2. The van der Waals surface area contributed by atoms with Gasteiger partial charge in [-0.3, -0.25) is 19.3 Å². The lowest BCUT2D eigenvalue weighted by Gasteiger charge is -2.13. The predicted molar refractivity (Wildman–Crippen MR) is 97.8 cm³/mol. The van der Waals surface area contributed by atoms with Gasteiger partial charge in [-0.25, -0.2) is 13.2 Å². The van der Waals surface area contributed by atoms with Crippen LogP contribution in [-0.4, -0.2) is 35.0 Å². The first kappa shape index (κ1) is 19.7. The summed E-state index contributed by atoms with van der Waals surface area (Å²) in [6.07, 6.45) is 1.28. The van der Waals surface area contributed by atoms with E-state index in [1.165, 1.54) is 24.3 Å². The molecule has 0 unspecified atom stereocenters. The number of rotatable bonds is 5. The highest BCUT2D eigenvalue weighted by molar-refractivity contribution is 8.18. The Hall–Kier alpha value is -3.07. The van der Waals surface area contributed by atoms with Crippen molar-refractivity contribution in [3.05, 3.63) is 75.9 Å². The summed E-state index contributed by atoms with van der Waals surface area (Å²) in [4.78, 5) is 37.3. The predicted octanol–water partition coefficient (Wildman–Crippen LogP) is 3.57. The Balaban J connectivity index is 1.62. The number of halogens is 3. The molecule has 2 aromatic carbocycles. The van der Waals surface area contributed by atoms with E-state index in [1.54, 1.807) is 6.07 Å². The van der Waals surface area contributed by atoms with E-state index in [0.29, 0.717) is 17.8 Å². The maximum Gasteiger partial charge on any atom is 0.293 e. The third-order valence-corrected chi connectivity index (χ3v) is 4.77. The number of carbonyl (C=O) groups excluding carboxylic acids is 3. The minimum Gasteiger partial charge on any atom is -0.350 e. The van der Waals surface area contributed by atoms with Crippen LogP contribution in [0.25, 0.3) is 6.08 Å². The summed E-state index contributed by atoms with van der Waals surface area (Å²) in [7, 11) is 0. The third kappa shape index (κ3) is 4.25. The molecule has 144 valence electrons. The molecule has 5 nitrogen and oxygen atoms in total. The van der Waals surface area contributed by atoms with Crippen LogP contribution >= 0.6 is 11.8 Å². The zero-order valence-electron chi connectivity index (χ0n) is 14.2. The number of nitrogens with zero attached hydrogens (tertiary/aromatic N) is 1. The number of hydrogen-bond acceptors (Lipinski definition) is 4. The molecule has 0 radical (unpaired) electrons. The monoisotopic (exact) mass is 406 g/mol. The topological polar surface area (TPSA) is 66.5 Å². The molecule has 0 spiro atoms. The standard InChI is InChI=1S/C19H13F3N2O3S/c20-12-5-6-13(15(22)10-12)17(25)23-7-8-24-18(26)16(28-19(24)27)9-11-3-1-2-4-14(11)21/h1-6,9-10H,7-8H2,(H,23,25)/b16-9-. The molecule has 3 amide bonds. The largest absolute Gasteiger partial charge is 0.350 e. The minimum atomic E-state index is -1.02. The van der Waals surface area contributed by atoms with Gasteiger partial charge in [0.25, 0.3) is 17.1 Å². The summed E-state index contributed by atoms with van der Waals surface area (Å²) in [5.41, 5.74) is -0.178. The Morgan fingerprint density at radius 1 is 1.07 bits per heavy atom. The average Bonchev–Trinajstić information content (AvgIpc) is 2.91. The number of nitrogens with one attached hydrogen (secondary N) is 1. The Morgan fingerprint density at radius 2 is 1.82 bits per heavy atom.